The highest BCUT2D eigenvalue weighted by molar-refractivity contribution is 5.90. The summed E-state index contributed by atoms with van der Waals surface area (Å²) in [5.41, 5.74) is 0.968. The summed E-state index contributed by atoms with van der Waals surface area (Å²) < 4.78 is 0. The minimum atomic E-state index is 0.377. The van der Waals surface area contributed by atoms with Gasteiger partial charge in [-0.3, -0.25) is 0 Å². The minimum absolute atomic E-state index is 0.377. The number of fused-ring (bicyclic) bond motifs is 1. The third-order valence-corrected chi connectivity index (χ3v) is 2.37. The maximum absolute atomic E-state index is 11.1. The first kappa shape index (κ1) is 11.1. The van der Waals surface area contributed by atoms with Gasteiger partial charge in [-0.2, -0.15) is 0 Å². The summed E-state index contributed by atoms with van der Waals surface area (Å²) in [5.74, 6) is 0. The summed E-state index contributed by atoms with van der Waals surface area (Å²) in [6.07, 6.45) is 3.02. The van der Waals surface area contributed by atoms with E-state index in [1.807, 2.05) is 42.5 Å². The molecule has 0 atom stereocenters. The quantitative estimate of drug-likeness (QED) is 0.459. The Labute approximate surface area is 99.0 Å². The van der Waals surface area contributed by atoms with Crippen molar-refractivity contribution in [2.24, 2.45) is 5.28 Å². The van der Waals surface area contributed by atoms with Crippen molar-refractivity contribution in [1.82, 2.24) is 0 Å². The Bertz CT molecular complexity index is 571. The molecule has 2 rings (SSSR count). The number of hydroxylamine groups is 1. The van der Waals surface area contributed by atoms with Gasteiger partial charge in [-0.25, -0.2) is 0 Å². The van der Waals surface area contributed by atoms with E-state index in [2.05, 4.69) is 10.1 Å². The van der Waals surface area contributed by atoms with Crippen LogP contribution in [0, 0.1) is 5.21 Å². The van der Waals surface area contributed by atoms with Crippen molar-refractivity contribution >= 4 is 16.8 Å². The number of hydrogen-bond acceptors (Lipinski definition) is 3. The molecule has 0 bridgehead atoms. The molecule has 0 aliphatic heterocycles. The van der Waals surface area contributed by atoms with Gasteiger partial charge in [0.2, 0.25) is 11.5 Å². The van der Waals surface area contributed by atoms with Crippen LogP contribution in [-0.4, -0.2) is 12.0 Å². The van der Waals surface area contributed by atoms with E-state index in [0.717, 1.165) is 16.3 Å². The molecule has 0 heterocycles. The molecule has 0 N–H and O–H groups in total. The van der Waals surface area contributed by atoms with E-state index in [1.165, 1.54) is 13.3 Å². The Kier molecular flexibility index (Phi) is 3.35. The Morgan fingerprint density at radius 1 is 1.18 bits per heavy atom. The van der Waals surface area contributed by atoms with Crippen LogP contribution in [0.3, 0.4) is 0 Å². The molecule has 0 fully saturated rings. The van der Waals surface area contributed by atoms with E-state index in [1.54, 1.807) is 6.08 Å². The summed E-state index contributed by atoms with van der Waals surface area (Å²) in [6.45, 7) is 0. The second kappa shape index (κ2) is 5.12. The van der Waals surface area contributed by atoms with E-state index >= 15 is 0 Å². The lowest BCUT2D eigenvalue weighted by Crippen LogP contribution is -1.88. The molecule has 2 aromatic carbocycles. The molecule has 0 saturated heterocycles. The van der Waals surface area contributed by atoms with Gasteiger partial charge >= 0.3 is 0 Å². The smallest absolute Gasteiger partial charge is 0.213 e. The Hall–Kier alpha value is -2.36. The largest absolute Gasteiger partial charge is 0.592 e. The maximum atomic E-state index is 11.1. The zero-order valence-corrected chi connectivity index (χ0v) is 9.41. The third kappa shape index (κ3) is 2.60. The second-order valence-corrected chi connectivity index (χ2v) is 3.45. The third-order valence-electron chi connectivity index (χ3n) is 2.37. The molecule has 2 aromatic rings. The standard InChI is InChI=1S/C13H12N2O2/c1-17-14-15(16)10-9-12-7-4-6-11-5-2-3-8-13(11)12/h2-10H,1H3. The van der Waals surface area contributed by atoms with Crippen molar-refractivity contribution in [3.05, 3.63) is 59.4 Å². The average Bonchev–Trinajstić information content (AvgIpc) is 2.36. The number of hydrogen-bond donors (Lipinski definition) is 0. The molecule has 4 nitrogen and oxygen atoms in total. The lowest BCUT2D eigenvalue weighted by atomic mass is 10.0. The van der Waals surface area contributed by atoms with Gasteiger partial charge in [0, 0.05) is 6.08 Å². The molecule has 0 aliphatic carbocycles. The van der Waals surface area contributed by atoms with Crippen LogP contribution in [0.5, 0.6) is 0 Å². The van der Waals surface area contributed by atoms with E-state index < -0.39 is 0 Å². The summed E-state index contributed by atoms with van der Waals surface area (Å²) in [5, 5.41) is 16.5. The van der Waals surface area contributed by atoms with Gasteiger partial charge in [0.25, 0.3) is 0 Å². The fourth-order valence-corrected chi connectivity index (χ4v) is 1.65. The average molecular weight is 228 g/mol. The number of benzene rings is 2. The van der Waals surface area contributed by atoms with Gasteiger partial charge < -0.3 is 10.0 Å². The summed E-state index contributed by atoms with van der Waals surface area (Å²) in [4.78, 5) is 4.74. The molecule has 0 aliphatic rings. The van der Waals surface area contributed by atoms with Gasteiger partial charge in [0.15, 0.2) is 0 Å². The summed E-state index contributed by atoms with van der Waals surface area (Å²) in [6, 6.07) is 13.9. The molecule has 17 heavy (non-hydrogen) atoms. The van der Waals surface area contributed by atoms with Crippen molar-refractivity contribution < 1.29 is 9.70 Å². The first-order valence-electron chi connectivity index (χ1n) is 5.17. The molecule has 0 unspecified atom stereocenters. The molecular weight excluding hydrogens is 216 g/mol. The van der Waals surface area contributed by atoms with Gasteiger partial charge in [-0.1, -0.05) is 42.5 Å². The van der Waals surface area contributed by atoms with Crippen LogP contribution >= 0.6 is 0 Å². The van der Waals surface area contributed by atoms with Gasteiger partial charge in [-0.05, 0) is 21.2 Å². The zero-order valence-electron chi connectivity index (χ0n) is 9.41. The normalized spacial score (nSPS) is 12.2. The van der Waals surface area contributed by atoms with E-state index in [4.69, 9.17) is 0 Å². The lowest BCUT2D eigenvalue weighted by molar-refractivity contribution is -0.490. The van der Waals surface area contributed by atoms with Crippen molar-refractivity contribution in [3.63, 3.8) is 0 Å². The van der Waals surface area contributed by atoms with Crippen molar-refractivity contribution in [3.8, 4) is 0 Å². The fraction of sp³-hybridized carbons (Fsp3) is 0.0769. The van der Waals surface area contributed by atoms with E-state index in [9.17, 15) is 5.21 Å². The van der Waals surface area contributed by atoms with Crippen LogP contribution < -0.4 is 0 Å². The number of rotatable bonds is 3. The Balaban J connectivity index is 2.39. The minimum Gasteiger partial charge on any atom is -0.592 e. The Morgan fingerprint density at radius 3 is 2.76 bits per heavy atom. The Morgan fingerprint density at radius 2 is 1.94 bits per heavy atom. The lowest BCUT2D eigenvalue weighted by Gasteiger charge is -2.00. The SMILES string of the molecule is CON=[N+]([O-])C=Cc1cccc2ccccc12. The fourth-order valence-electron chi connectivity index (χ4n) is 1.65. The molecule has 0 spiro atoms. The van der Waals surface area contributed by atoms with Crippen LogP contribution in [-0.2, 0) is 4.84 Å². The monoisotopic (exact) mass is 228 g/mol. The molecule has 0 aromatic heterocycles. The maximum Gasteiger partial charge on any atom is 0.213 e. The highest BCUT2D eigenvalue weighted by Crippen LogP contribution is 2.19. The van der Waals surface area contributed by atoms with Crippen molar-refractivity contribution in [2.75, 3.05) is 7.11 Å². The van der Waals surface area contributed by atoms with Crippen LogP contribution in [0.2, 0.25) is 0 Å². The topological polar surface area (TPSA) is 47.7 Å². The molecule has 86 valence electrons. The van der Waals surface area contributed by atoms with Gasteiger partial charge in [-0.15, -0.1) is 0 Å². The van der Waals surface area contributed by atoms with Gasteiger partial charge in [0.05, 0.1) is 0 Å². The highest BCUT2D eigenvalue weighted by Gasteiger charge is 1.97. The first-order valence-corrected chi connectivity index (χ1v) is 5.17. The van der Waals surface area contributed by atoms with Crippen LogP contribution in [0.4, 0.5) is 0 Å². The molecule has 0 amide bonds. The first-order chi connectivity index (χ1) is 8.31. The predicted molar refractivity (Wildman–Crippen MR) is 66.0 cm³/mol. The summed E-state index contributed by atoms with van der Waals surface area (Å²) in [7, 11) is 1.33. The molecule has 0 radical (unpaired) electrons. The van der Waals surface area contributed by atoms with Crippen LogP contribution in [0.1, 0.15) is 5.56 Å². The van der Waals surface area contributed by atoms with Crippen molar-refractivity contribution in [1.29, 1.82) is 0 Å². The van der Waals surface area contributed by atoms with Crippen LogP contribution in [0.15, 0.2) is 53.9 Å². The van der Waals surface area contributed by atoms with E-state index in [0.29, 0.717) is 4.86 Å². The second-order valence-electron chi connectivity index (χ2n) is 3.45. The van der Waals surface area contributed by atoms with Gasteiger partial charge in [0.1, 0.15) is 7.11 Å². The highest BCUT2D eigenvalue weighted by atomic mass is 16.7. The van der Waals surface area contributed by atoms with E-state index in [-0.39, 0.29) is 0 Å². The molecule has 0 saturated carbocycles. The zero-order chi connectivity index (χ0) is 12.1. The van der Waals surface area contributed by atoms with Crippen molar-refractivity contribution in [2.45, 2.75) is 0 Å². The summed E-state index contributed by atoms with van der Waals surface area (Å²) >= 11 is 0. The molecular formula is C13H12N2O2. The number of nitrogens with zero attached hydrogens (tertiary/aromatic N) is 2. The van der Waals surface area contributed by atoms with Crippen LogP contribution in [0.25, 0.3) is 16.8 Å². The predicted octanol–water partition coefficient (Wildman–Crippen LogP) is 3.33. The molecule has 4 heteroatoms.